The summed E-state index contributed by atoms with van der Waals surface area (Å²) in [4.78, 5) is 61.8. The van der Waals surface area contributed by atoms with Crippen molar-refractivity contribution in [3.63, 3.8) is 0 Å². The highest BCUT2D eigenvalue weighted by Crippen LogP contribution is 2.60. The lowest BCUT2D eigenvalue weighted by atomic mass is 10.1. The monoisotopic (exact) mass is 1040 g/mol. The van der Waals surface area contributed by atoms with Gasteiger partial charge in [0.25, 0.3) is 0 Å². The molecule has 0 spiro atoms. The number of aliphatic hydroxyl groups is 3. The predicted molar refractivity (Wildman–Crippen MR) is 271 cm³/mol. The average molecular weight is 1040 g/mol. The van der Waals surface area contributed by atoms with Crippen LogP contribution in [-0.2, 0) is 46.3 Å². The number of nitrogens with two attached hydrogens (primary N) is 1. The molecule has 1 aliphatic heterocycles. The molecule has 0 bridgehead atoms. The van der Waals surface area contributed by atoms with Crippen LogP contribution in [0.25, 0.3) is 0 Å². The number of phosphoric ester groups is 2. The summed E-state index contributed by atoms with van der Waals surface area (Å²) in [6.45, 7) is 1.85. The molecule has 1 saturated heterocycles. The Morgan fingerprint density at radius 2 is 1.38 bits per heavy atom. The van der Waals surface area contributed by atoms with Crippen LogP contribution in [0.15, 0.2) is 102 Å². The quantitative estimate of drug-likeness (QED) is 0.0118. The Hall–Kier alpha value is -4.10. The molecule has 0 saturated carbocycles. The van der Waals surface area contributed by atoms with Gasteiger partial charge < -0.3 is 45.1 Å². The summed E-state index contributed by atoms with van der Waals surface area (Å²) in [5.41, 5.74) is 4.57. The molecule has 400 valence electrons. The number of anilines is 1. The number of hydrogen-bond donors (Lipinski definition) is 6. The number of carbonyl (C=O) groups is 2. The van der Waals surface area contributed by atoms with Gasteiger partial charge in [0, 0.05) is 19.0 Å². The van der Waals surface area contributed by atoms with Crippen molar-refractivity contribution in [2.45, 2.75) is 173 Å². The van der Waals surface area contributed by atoms with Crippen molar-refractivity contribution in [1.82, 2.24) is 9.55 Å². The number of esters is 2. The van der Waals surface area contributed by atoms with Crippen LogP contribution >= 0.6 is 15.6 Å². The second-order valence-electron chi connectivity index (χ2n) is 16.8. The molecule has 2 rings (SSSR count). The lowest BCUT2D eigenvalue weighted by molar-refractivity contribution is -0.161. The predicted octanol–water partition coefficient (Wildman–Crippen LogP) is 8.86. The molecule has 8 atom stereocenters. The Bertz CT molecular complexity index is 2040. The van der Waals surface area contributed by atoms with E-state index in [2.05, 4.69) is 47.4 Å². The van der Waals surface area contributed by atoms with Gasteiger partial charge in [0.05, 0.1) is 19.3 Å². The summed E-state index contributed by atoms with van der Waals surface area (Å²) in [5, 5.41) is 30.9. The Balaban J connectivity index is 1.87. The number of nitrogens with zero attached hydrogens (tertiary/aromatic N) is 2. The number of aliphatic hydroxyl groups excluding tert-OH is 3. The van der Waals surface area contributed by atoms with Gasteiger partial charge in [-0.1, -0.05) is 137 Å². The Morgan fingerprint density at radius 1 is 0.761 bits per heavy atom. The van der Waals surface area contributed by atoms with Gasteiger partial charge in [-0.05, 0) is 76.7 Å². The summed E-state index contributed by atoms with van der Waals surface area (Å²) in [6, 6.07) is 1.24. The number of phosphoric acid groups is 2. The van der Waals surface area contributed by atoms with Crippen molar-refractivity contribution in [2.24, 2.45) is 0 Å². The lowest BCUT2D eigenvalue weighted by Gasteiger charge is -2.21. The number of ether oxygens (including phenoxy) is 3. The summed E-state index contributed by atoms with van der Waals surface area (Å²) in [5.74, 6) is -1.45. The third-order valence-corrected chi connectivity index (χ3v) is 13.2. The van der Waals surface area contributed by atoms with Gasteiger partial charge in [0.15, 0.2) is 12.3 Å². The molecule has 1 aliphatic rings. The number of nitrogen functional groups attached to an aromatic ring is 1. The van der Waals surface area contributed by atoms with Crippen molar-refractivity contribution in [3.8, 4) is 0 Å². The minimum absolute atomic E-state index is 0.0864. The molecule has 0 aromatic carbocycles. The van der Waals surface area contributed by atoms with Crippen molar-refractivity contribution >= 4 is 33.4 Å². The van der Waals surface area contributed by atoms with Gasteiger partial charge >= 0.3 is 33.3 Å². The fourth-order valence-electron chi connectivity index (χ4n) is 6.71. The first kappa shape index (κ1) is 63.0. The molecule has 21 heteroatoms. The third kappa shape index (κ3) is 30.5. The lowest BCUT2D eigenvalue weighted by Crippen LogP contribution is -2.36. The van der Waals surface area contributed by atoms with E-state index in [-0.39, 0.29) is 25.1 Å². The summed E-state index contributed by atoms with van der Waals surface area (Å²) < 4.78 is 56.6. The van der Waals surface area contributed by atoms with Crippen molar-refractivity contribution < 1.29 is 71.4 Å². The smallest absolute Gasteiger partial charge is 0.462 e. The molecule has 2 heterocycles. The van der Waals surface area contributed by atoms with Crippen LogP contribution in [-0.4, -0.2) is 96.9 Å². The normalized spacial score (nSPS) is 20.3. The first-order chi connectivity index (χ1) is 34.1. The molecule has 1 aromatic heterocycles. The molecular formula is C50H79N3O16P2. The van der Waals surface area contributed by atoms with E-state index in [1.54, 1.807) is 18.2 Å². The van der Waals surface area contributed by atoms with Gasteiger partial charge in [0.2, 0.25) is 0 Å². The fraction of sp³-hybridized carbons (Fsp3) is 0.600. The Labute approximate surface area is 419 Å². The summed E-state index contributed by atoms with van der Waals surface area (Å²) in [7, 11) is -10.9. The maximum Gasteiger partial charge on any atom is 0.481 e. The number of aromatic nitrogens is 2. The van der Waals surface area contributed by atoms with Crippen molar-refractivity contribution in [1.29, 1.82) is 0 Å². The molecule has 7 N–H and O–H groups in total. The van der Waals surface area contributed by atoms with Crippen LogP contribution in [0, 0.1) is 0 Å². The van der Waals surface area contributed by atoms with E-state index in [1.165, 1.54) is 31.7 Å². The number of carbonyl (C=O) groups excluding carboxylic acids is 2. The molecule has 71 heavy (non-hydrogen) atoms. The van der Waals surface area contributed by atoms with Crippen molar-refractivity contribution in [2.75, 3.05) is 25.6 Å². The van der Waals surface area contributed by atoms with Crippen LogP contribution in [0.2, 0.25) is 0 Å². The zero-order valence-electron chi connectivity index (χ0n) is 41.4. The molecule has 1 fully saturated rings. The molecule has 0 amide bonds. The van der Waals surface area contributed by atoms with Gasteiger partial charge in [-0.15, -0.1) is 0 Å². The van der Waals surface area contributed by atoms with Gasteiger partial charge in [0.1, 0.15) is 30.7 Å². The zero-order valence-corrected chi connectivity index (χ0v) is 43.1. The molecular weight excluding hydrogens is 961 g/mol. The topological polar surface area (TPSA) is 286 Å². The molecule has 19 nitrogen and oxygen atoms in total. The highest BCUT2D eigenvalue weighted by molar-refractivity contribution is 7.61. The van der Waals surface area contributed by atoms with Crippen LogP contribution in [0.1, 0.15) is 142 Å². The SMILES string of the molecule is CC/C=C\C/C=C\CC(O)/C=C/C=C\C/C=C\C/C=C\CCC(=O)O[C@H](COC(=O)CCCCCCC/C=C\CCCCCC)COP(=O)(O)OP(=O)(O)OC[C@H]1O[C@@H](n2ccc(N)nc2=O)[C@H](O)[C@@H]1O. The number of hydrogen-bond acceptors (Lipinski definition) is 16. The largest absolute Gasteiger partial charge is 0.481 e. The zero-order chi connectivity index (χ0) is 52.2. The van der Waals surface area contributed by atoms with Crippen LogP contribution in [0.3, 0.4) is 0 Å². The fourth-order valence-corrected chi connectivity index (χ4v) is 8.82. The van der Waals surface area contributed by atoms with E-state index in [0.717, 1.165) is 62.1 Å². The van der Waals surface area contributed by atoms with Crippen LogP contribution < -0.4 is 11.4 Å². The van der Waals surface area contributed by atoms with E-state index in [0.29, 0.717) is 25.7 Å². The molecule has 0 aliphatic carbocycles. The van der Waals surface area contributed by atoms with E-state index >= 15 is 0 Å². The second kappa shape index (κ2) is 37.6. The number of unbranched alkanes of at least 4 members (excludes halogenated alkanes) is 9. The first-order valence-corrected chi connectivity index (χ1v) is 27.7. The third-order valence-electron chi connectivity index (χ3n) is 10.6. The van der Waals surface area contributed by atoms with Crippen LogP contribution in [0.4, 0.5) is 5.82 Å². The first-order valence-electron chi connectivity index (χ1n) is 24.7. The second-order valence-corrected chi connectivity index (χ2v) is 19.8. The Morgan fingerprint density at radius 3 is 2.08 bits per heavy atom. The highest BCUT2D eigenvalue weighted by Gasteiger charge is 2.46. The van der Waals surface area contributed by atoms with E-state index in [1.807, 2.05) is 42.5 Å². The molecule has 0 radical (unpaired) electrons. The minimum Gasteiger partial charge on any atom is -0.462 e. The number of rotatable bonds is 39. The maximum atomic E-state index is 12.8. The van der Waals surface area contributed by atoms with Crippen LogP contribution in [0.5, 0.6) is 0 Å². The average Bonchev–Trinajstić information content (AvgIpc) is 3.60. The molecule has 1 aromatic rings. The van der Waals surface area contributed by atoms with Crippen molar-refractivity contribution in [3.05, 3.63) is 108 Å². The van der Waals surface area contributed by atoms with Gasteiger partial charge in [-0.3, -0.25) is 23.2 Å². The standard InChI is InChI=1S/C50H79N3O16P2/c1-3-5-7-9-11-12-13-14-15-19-22-26-30-34-45(55)64-38-42(67-46(56)35-31-27-23-20-17-16-18-21-25-29-33-41(54)32-28-24-10-8-6-4-2)39-65-70(60,61)69-71(62,63)66-40-43-47(57)48(58)49(68-43)53-37-36-44(51)52-50(53)59/h6,8,12-13,16-17,21,23-25,27-29,33,36-37,41-43,47-49,54,57-58H,3-5,7,9-11,14-15,18-20,22,26,30-32,34-35,38-40H2,1-2H3,(H,60,61)(H,62,63)(H2,51,52,59)/b8-6-,13-12-,17-16-,25-21-,27-23-,28-24-,33-29+/t41?,42-,43-,47-,48-,49-/m1/s1. The van der Waals surface area contributed by atoms with E-state index in [9.17, 15) is 48.6 Å². The molecule has 3 unspecified atom stereocenters. The van der Waals surface area contributed by atoms with Gasteiger partial charge in [-0.25, -0.2) is 13.9 Å². The van der Waals surface area contributed by atoms with E-state index in [4.69, 9.17) is 29.0 Å². The summed E-state index contributed by atoms with van der Waals surface area (Å²) in [6.07, 6.45) is 35.7. The minimum atomic E-state index is -5.45. The Kier molecular flexibility index (Phi) is 33.4. The summed E-state index contributed by atoms with van der Waals surface area (Å²) >= 11 is 0. The van der Waals surface area contributed by atoms with E-state index < -0.39 is 89.8 Å². The number of allylic oxidation sites excluding steroid dienone is 12. The maximum absolute atomic E-state index is 12.8. The van der Waals surface area contributed by atoms with Gasteiger partial charge in [-0.2, -0.15) is 9.29 Å². The highest BCUT2D eigenvalue weighted by atomic mass is 31.3.